The van der Waals surface area contributed by atoms with Crippen LogP contribution >= 0.6 is 0 Å². The zero-order chi connectivity index (χ0) is 12.3. The van der Waals surface area contributed by atoms with Crippen LogP contribution < -0.4 is 4.90 Å². The quantitative estimate of drug-likeness (QED) is 0.810. The molecule has 4 heteroatoms. The van der Waals surface area contributed by atoms with Crippen LogP contribution in [0.25, 0.3) is 0 Å². The zero-order valence-corrected chi connectivity index (χ0v) is 10.3. The Labute approximate surface area is 96.6 Å². The molecule has 0 bridgehead atoms. The number of likely N-dealkylation sites (N-methyl/N-ethyl adjacent to an activating group) is 1. The van der Waals surface area contributed by atoms with Gasteiger partial charge in [-0.25, -0.2) is 0 Å². The second-order valence-corrected chi connectivity index (χ2v) is 4.65. The first-order valence-electron chi connectivity index (χ1n) is 5.37. The van der Waals surface area contributed by atoms with Gasteiger partial charge in [-0.05, 0) is 32.9 Å². The second-order valence-electron chi connectivity index (χ2n) is 4.65. The second kappa shape index (κ2) is 4.80. The average molecular weight is 224 g/mol. The van der Waals surface area contributed by atoms with E-state index in [0.29, 0.717) is 5.69 Å². The lowest BCUT2D eigenvalue weighted by Crippen LogP contribution is -2.44. The Morgan fingerprint density at radius 1 is 1.44 bits per heavy atom. The molecule has 0 aliphatic rings. The first-order chi connectivity index (χ1) is 7.38. The van der Waals surface area contributed by atoms with E-state index in [0.717, 1.165) is 5.69 Å². The van der Waals surface area contributed by atoms with Gasteiger partial charge in [0, 0.05) is 7.05 Å². The number of aliphatic hydroxyl groups is 2. The normalized spacial score (nSPS) is 13.6. The number of hydrogen-bond donors (Lipinski definition) is 2. The molecular weight excluding hydrogens is 204 g/mol. The molecule has 1 heterocycles. The summed E-state index contributed by atoms with van der Waals surface area (Å²) in [5.74, 6) is 0. The number of hydrogen-bond acceptors (Lipinski definition) is 4. The van der Waals surface area contributed by atoms with Crippen molar-refractivity contribution in [2.75, 3.05) is 18.6 Å². The van der Waals surface area contributed by atoms with Crippen LogP contribution in [0.2, 0.25) is 0 Å². The fourth-order valence-electron chi connectivity index (χ4n) is 1.30. The molecule has 4 nitrogen and oxygen atoms in total. The molecule has 0 fully saturated rings. The fraction of sp³-hybridized carbons (Fsp3) is 0.583. The number of rotatable bonds is 4. The summed E-state index contributed by atoms with van der Waals surface area (Å²) in [6, 6.07) is 3.69. The summed E-state index contributed by atoms with van der Waals surface area (Å²) in [6.07, 6.45) is 1.16. The Morgan fingerprint density at radius 3 is 2.44 bits per heavy atom. The summed E-state index contributed by atoms with van der Waals surface area (Å²) >= 11 is 0. The van der Waals surface area contributed by atoms with Crippen molar-refractivity contribution in [3.8, 4) is 0 Å². The van der Waals surface area contributed by atoms with E-state index in [1.54, 1.807) is 19.2 Å². The maximum Gasteiger partial charge on any atom is 0.0931 e. The van der Waals surface area contributed by atoms with Crippen LogP contribution in [0.3, 0.4) is 0 Å². The smallest absolute Gasteiger partial charge is 0.0931 e. The van der Waals surface area contributed by atoms with E-state index < -0.39 is 6.10 Å². The highest BCUT2D eigenvalue weighted by Crippen LogP contribution is 2.22. The van der Waals surface area contributed by atoms with Crippen molar-refractivity contribution in [3.05, 3.63) is 24.0 Å². The van der Waals surface area contributed by atoms with Crippen molar-refractivity contribution in [1.29, 1.82) is 0 Å². The van der Waals surface area contributed by atoms with Gasteiger partial charge in [0.1, 0.15) is 0 Å². The predicted octanol–water partition coefficient (Wildman–Crippen LogP) is 1.34. The third kappa shape index (κ3) is 2.71. The summed E-state index contributed by atoms with van der Waals surface area (Å²) in [4.78, 5) is 6.14. The third-order valence-electron chi connectivity index (χ3n) is 2.88. The van der Waals surface area contributed by atoms with Crippen LogP contribution in [-0.2, 0) is 0 Å². The fourth-order valence-corrected chi connectivity index (χ4v) is 1.30. The van der Waals surface area contributed by atoms with Gasteiger partial charge in [-0.15, -0.1) is 0 Å². The summed E-state index contributed by atoms with van der Waals surface area (Å²) in [6.45, 7) is 5.66. The zero-order valence-electron chi connectivity index (χ0n) is 10.3. The minimum atomic E-state index is -0.551. The molecule has 0 aromatic carbocycles. The minimum Gasteiger partial charge on any atom is -0.394 e. The van der Waals surface area contributed by atoms with Crippen molar-refractivity contribution in [2.45, 2.75) is 32.4 Å². The molecule has 0 spiro atoms. The highest BCUT2D eigenvalue weighted by molar-refractivity contribution is 5.46. The van der Waals surface area contributed by atoms with E-state index in [2.05, 4.69) is 4.98 Å². The maximum atomic E-state index is 9.34. The van der Waals surface area contributed by atoms with E-state index in [4.69, 9.17) is 0 Å². The van der Waals surface area contributed by atoms with E-state index >= 15 is 0 Å². The van der Waals surface area contributed by atoms with Gasteiger partial charge in [0.25, 0.3) is 0 Å². The summed E-state index contributed by atoms with van der Waals surface area (Å²) in [5.41, 5.74) is 1.25. The van der Waals surface area contributed by atoms with Crippen molar-refractivity contribution in [3.63, 3.8) is 0 Å². The Balaban J connectivity index is 2.90. The van der Waals surface area contributed by atoms with Crippen molar-refractivity contribution in [1.82, 2.24) is 4.98 Å². The topological polar surface area (TPSA) is 56.6 Å². The largest absolute Gasteiger partial charge is 0.394 e. The molecule has 1 aromatic heterocycles. The lowest BCUT2D eigenvalue weighted by Gasteiger charge is -2.35. The summed E-state index contributed by atoms with van der Waals surface area (Å²) in [5, 5.41) is 18.6. The Kier molecular flexibility index (Phi) is 3.88. The number of nitrogens with zero attached hydrogens (tertiary/aromatic N) is 2. The maximum absolute atomic E-state index is 9.34. The van der Waals surface area contributed by atoms with Crippen molar-refractivity contribution in [2.24, 2.45) is 0 Å². The van der Waals surface area contributed by atoms with Gasteiger partial charge in [-0.3, -0.25) is 4.98 Å². The lowest BCUT2D eigenvalue weighted by atomic mass is 10.0. The highest BCUT2D eigenvalue weighted by Gasteiger charge is 2.22. The summed E-state index contributed by atoms with van der Waals surface area (Å²) in [7, 11) is 1.91. The first-order valence-corrected chi connectivity index (χ1v) is 5.37. The van der Waals surface area contributed by atoms with E-state index in [-0.39, 0.29) is 12.1 Å². The Morgan fingerprint density at radius 2 is 2.06 bits per heavy atom. The van der Waals surface area contributed by atoms with Crippen LogP contribution in [0.1, 0.15) is 32.6 Å². The molecule has 0 radical (unpaired) electrons. The number of anilines is 1. The number of aromatic nitrogens is 1. The van der Waals surface area contributed by atoms with Crippen molar-refractivity contribution >= 4 is 5.69 Å². The standard InChI is InChI=1S/C12H20N2O2/c1-9(16)11-6-5-10(7-13-11)14(4)12(2,3)8-15/h5-7,9,15-16H,8H2,1-4H3/t9-/m1/s1. The number of aliphatic hydroxyl groups excluding tert-OH is 2. The summed E-state index contributed by atoms with van der Waals surface area (Å²) < 4.78 is 0. The molecule has 2 N–H and O–H groups in total. The molecule has 0 saturated carbocycles. The van der Waals surface area contributed by atoms with Crippen LogP contribution in [0.15, 0.2) is 18.3 Å². The van der Waals surface area contributed by atoms with Gasteiger partial charge in [0.15, 0.2) is 0 Å². The number of pyridine rings is 1. The van der Waals surface area contributed by atoms with Gasteiger partial charge in [-0.2, -0.15) is 0 Å². The molecule has 0 unspecified atom stereocenters. The van der Waals surface area contributed by atoms with Gasteiger partial charge < -0.3 is 15.1 Å². The average Bonchev–Trinajstić information content (AvgIpc) is 2.28. The monoisotopic (exact) mass is 224 g/mol. The van der Waals surface area contributed by atoms with E-state index in [1.807, 2.05) is 31.9 Å². The van der Waals surface area contributed by atoms with Crippen LogP contribution in [0, 0.1) is 0 Å². The van der Waals surface area contributed by atoms with Gasteiger partial charge in [-0.1, -0.05) is 0 Å². The Hall–Kier alpha value is -1.13. The Bertz CT molecular complexity index is 333. The van der Waals surface area contributed by atoms with Gasteiger partial charge >= 0.3 is 0 Å². The van der Waals surface area contributed by atoms with Crippen LogP contribution in [-0.4, -0.2) is 34.4 Å². The molecule has 0 aliphatic heterocycles. The molecule has 0 amide bonds. The SMILES string of the molecule is C[C@@H](O)c1ccc(N(C)C(C)(C)CO)cn1. The third-order valence-corrected chi connectivity index (χ3v) is 2.88. The van der Waals surface area contributed by atoms with E-state index in [1.165, 1.54) is 0 Å². The van der Waals surface area contributed by atoms with Gasteiger partial charge in [0.2, 0.25) is 0 Å². The molecular formula is C12H20N2O2. The molecule has 16 heavy (non-hydrogen) atoms. The molecule has 0 aliphatic carbocycles. The molecule has 1 atom stereocenters. The molecule has 90 valence electrons. The lowest BCUT2D eigenvalue weighted by molar-refractivity contribution is 0.194. The molecule has 1 aromatic rings. The van der Waals surface area contributed by atoms with Crippen molar-refractivity contribution < 1.29 is 10.2 Å². The molecule has 1 rings (SSSR count). The van der Waals surface area contributed by atoms with E-state index in [9.17, 15) is 10.2 Å². The predicted molar refractivity (Wildman–Crippen MR) is 64.4 cm³/mol. The van der Waals surface area contributed by atoms with Crippen LogP contribution in [0.4, 0.5) is 5.69 Å². The highest BCUT2D eigenvalue weighted by atomic mass is 16.3. The molecule has 0 saturated heterocycles. The van der Waals surface area contributed by atoms with Gasteiger partial charge in [0.05, 0.1) is 35.8 Å². The first kappa shape index (κ1) is 12.9. The minimum absolute atomic E-state index is 0.0711. The van der Waals surface area contributed by atoms with Crippen LogP contribution in [0.5, 0.6) is 0 Å².